The highest BCUT2D eigenvalue weighted by Gasteiger charge is 2.30. The maximum Gasteiger partial charge on any atom is 0.254 e. The number of carbonyl (C=O) groups is 1. The number of rotatable bonds is 4. The van der Waals surface area contributed by atoms with Gasteiger partial charge >= 0.3 is 0 Å². The lowest BCUT2D eigenvalue weighted by atomic mass is 10.1. The molecule has 0 aliphatic carbocycles. The van der Waals surface area contributed by atoms with Gasteiger partial charge in [-0.05, 0) is 48.2 Å². The summed E-state index contributed by atoms with van der Waals surface area (Å²) in [4.78, 5) is 18.8. The molecule has 4 nitrogen and oxygen atoms in total. The van der Waals surface area contributed by atoms with E-state index in [-0.39, 0.29) is 11.9 Å². The van der Waals surface area contributed by atoms with Crippen LogP contribution in [0, 0.1) is 0 Å². The van der Waals surface area contributed by atoms with Crippen LogP contribution in [0.25, 0.3) is 0 Å². The molecule has 0 spiro atoms. The highest BCUT2D eigenvalue weighted by atomic mass is 16.5. The van der Waals surface area contributed by atoms with Crippen molar-refractivity contribution in [1.82, 2.24) is 9.88 Å². The number of hydrogen-bond acceptors (Lipinski definition) is 3. The SMILES string of the molecule is COCc1ccc(C(=O)N2CCCC2c2ccncc2)cc1. The van der Waals surface area contributed by atoms with Gasteiger partial charge in [-0.25, -0.2) is 0 Å². The molecule has 114 valence electrons. The molecule has 1 saturated heterocycles. The van der Waals surface area contributed by atoms with Crippen LogP contribution < -0.4 is 0 Å². The maximum absolute atomic E-state index is 12.8. The first-order chi connectivity index (χ1) is 10.8. The number of benzene rings is 1. The van der Waals surface area contributed by atoms with Crippen molar-refractivity contribution in [2.45, 2.75) is 25.5 Å². The zero-order valence-electron chi connectivity index (χ0n) is 12.7. The lowest BCUT2D eigenvalue weighted by molar-refractivity contribution is 0.0735. The number of nitrogens with zero attached hydrogens (tertiary/aromatic N) is 2. The summed E-state index contributed by atoms with van der Waals surface area (Å²) in [5.74, 6) is 0.100. The van der Waals surface area contributed by atoms with Crippen LogP contribution >= 0.6 is 0 Å². The zero-order chi connectivity index (χ0) is 15.4. The van der Waals surface area contributed by atoms with E-state index < -0.39 is 0 Å². The van der Waals surface area contributed by atoms with Gasteiger partial charge < -0.3 is 9.64 Å². The standard InChI is InChI=1S/C18H20N2O2/c1-22-13-14-4-6-16(7-5-14)18(21)20-12-2-3-17(20)15-8-10-19-11-9-15/h4-11,17H,2-3,12-13H2,1H3. The van der Waals surface area contributed by atoms with Crippen molar-refractivity contribution in [2.24, 2.45) is 0 Å². The van der Waals surface area contributed by atoms with Gasteiger partial charge in [0.2, 0.25) is 0 Å². The number of hydrogen-bond donors (Lipinski definition) is 0. The summed E-state index contributed by atoms with van der Waals surface area (Å²) in [6.07, 6.45) is 5.63. The van der Waals surface area contributed by atoms with Crippen LogP contribution in [0.15, 0.2) is 48.8 Å². The van der Waals surface area contributed by atoms with Crippen molar-refractivity contribution in [3.05, 3.63) is 65.5 Å². The fourth-order valence-corrected chi connectivity index (χ4v) is 3.02. The van der Waals surface area contributed by atoms with Crippen LogP contribution in [0.2, 0.25) is 0 Å². The third kappa shape index (κ3) is 3.02. The van der Waals surface area contributed by atoms with Crippen LogP contribution in [-0.2, 0) is 11.3 Å². The Morgan fingerprint density at radius 2 is 1.95 bits per heavy atom. The van der Waals surface area contributed by atoms with E-state index in [4.69, 9.17) is 4.74 Å². The highest BCUT2D eigenvalue weighted by Crippen LogP contribution is 2.32. The first-order valence-corrected chi connectivity index (χ1v) is 7.58. The molecular formula is C18H20N2O2. The second-order valence-electron chi connectivity index (χ2n) is 5.57. The minimum atomic E-state index is 0.100. The van der Waals surface area contributed by atoms with E-state index in [1.54, 1.807) is 19.5 Å². The summed E-state index contributed by atoms with van der Waals surface area (Å²) in [6.45, 7) is 1.38. The van der Waals surface area contributed by atoms with Gasteiger partial charge in [-0.15, -0.1) is 0 Å². The molecule has 4 heteroatoms. The number of likely N-dealkylation sites (tertiary alicyclic amines) is 1. The van der Waals surface area contributed by atoms with Gasteiger partial charge in [0.15, 0.2) is 0 Å². The van der Waals surface area contributed by atoms with Crippen molar-refractivity contribution >= 4 is 5.91 Å². The first-order valence-electron chi connectivity index (χ1n) is 7.58. The molecule has 1 atom stereocenters. The minimum Gasteiger partial charge on any atom is -0.380 e. The Morgan fingerprint density at radius 1 is 1.23 bits per heavy atom. The van der Waals surface area contributed by atoms with Crippen LogP contribution in [-0.4, -0.2) is 29.4 Å². The Balaban J connectivity index is 1.78. The molecule has 2 heterocycles. The van der Waals surface area contributed by atoms with Gasteiger partial charge in [0.25, 0.3) is 5.91 Å². The van der Waals surface area contributed by atoms with Gasteiger partial charge in [0, 0.05) is 31.6 Å². The fraction of sp³-hybridized carbons (Fsp3) is 0.333. The van der Waals surface area contributed by atoms with E-state index in [0.717, 1.165) is 36.1 Å². The van der Waals surface area contributed by atoms with Crippen LogP contribution in [0.3, 0.4) is 0 Å². The van der Waals surface area contributed by atoms with Gasteiger partial charge in [-0.1, -0.05) is 12.1 Å². The quantitative estimate of drug-likeness (QED) is 0.870. The molecule has 1 aromatic heterocycles. The van der Waals surface area contributed by atoms with Crippen molar-refractivity contribution in [2.75, 3.05) is 13.7 Å². The Labute approximate surface area is 130 Å². The fourth-order valence-electron chi connectivity index (χ4n) is 3.02. The highest BCUT2D eigenvalue weighted by molar-refractivity contribution is 5.94. The second-order valence-corrected chi connectivity index (χ2v) is 5.57. The summed E-state index contributed by atoms with van der Waals surface area (Å²) >= 11 is 0. The molecule has 1 aliphatic rings. The first kappa shape index (κ1) is 14.7. The predicted octanol–water partition coefficient (Wildman–Crippen LogP) is 3.21. The number of pyridine rings is 1. The van der Waals surface area contributed by atoms with Crippen LogP contribution in [0.1, 0.15) is 40.4 Å². The molecule has 2 aromatic rings. The molecular weight excluding hydrogens is 276 g/mol. The Morgan fingerprint density at radius 3 is 2.64 bits per heavy atom. The Hall–Kier alpha value is -2.20. The summed E-state index contributed by atoms with van der Waals surface area (Å²) in [7, 11) is 1.67. The molecule has 1 fully saturated rings. The van der Waals surface area contributed by atoms with E-state index in [1.807, 2.05) is 41.3 Å². The van der Waals surface area contributed by atoms with Crippen molar-refractivity contribution in [1.29, 1.82) is 0 Å². The number of carbonyl (C=O) groups excluding carboxylic acids is 1. The molecule has 1 aliphatic heterocycles. The third-order valence-corrected chi connectivity index (χ3v) is 4.12. The molecule has 0 bridgehead atoms. The summed E-state index contributed by atoms with van der Waals surface area (Å²) in [5, 5.41) is 0. The van der Waals surface area contributed by atoms with Crippen molar-refractivity contribution in [3.63, 3.8) is 0 Å². The average Bonchev–Trinajstić information content (AvgIpc) is 3.06. The number of methoxy groups -OCH3 is 1. The van der Waals surface area contributed by atoms with E-state index >= 15 is 0 Å². The largest absolute Gasteiger partial charge is 0.380 e. The van der Waals surface area contributed by atoms with Gasteiger partial charge in [0.1, 0.15) is 0 Å². The Kier molecular flexibility index (Phi) is 4.49. The van der Waals surface area contributed by atoms with E-state index in [1.165, 1.54) is 0 Å². The van der Waals surface area contributed by atoms with Gasteiger partial charge in [-0.3, -0.25) is 9.78 Å². The number of aromatic nitrogens is 1. The van der Waals surface area contributed by atoms with Crippen molar-refractivity contribution < 1.29 is 9.53 Å². The van der Waals surface area contributed by atoms with Crippen molar-refractivity contribution in [3.8, 4) is 0 Å². The third-order valence-electron chi connectivity index (χ3n) is 4.12. The molecule has 1 unspecified atom stereocenters. The average molecular weight is 296 g/mol. The molecule has 22 heavy (non-hydrogen) atoms. The zero-order valence-corrected chi connectivity index (χ0v) is 12.7. The number of ether oxygens (including phenoxy) is 1. The van der Waals surface area contributed by atoms with E-state index in [2.05, 4.69) is 4.98 Å². The van der Waals surface area contributed by atoms with Crippen LogP contribution in [0.5, 0.6) is 0 Å². The van der Waals surface area contributed by atoms with E-state index in [9.17, 15) is 4.79 Å². The van der Waals surface area contributed by atoms with Gasteiger partial charge in [0.05, 0.1) is 12.6 Å². The maximum atomic E-state index is 12.8. The summed E-state index contributed by atoms with van der Waals surface area (Å²) in [6, 6.07) is 11.8. The van der Waals surface area contributed by atoms with Crippen LogP contribution in [0.4, 0.5) is 0 Å². The lowest BCUT2D eigenvalue weighted by Gasteiger charge is -2.25. The predicted molar refractivity (Wildman–Crippen MR) is 84.4 cm³/mol. The number of amides is 1. The van der Waals surface area contributed by atoms with Gasteiger partial charge in [-0.2, -0.15) is 0 Å². The topological polar surface area (TPSA) is 42.4 Å². The normalized spacial score (nSPS) is 17.7. The Bertz CT molecular complexity index is 625. The molecule has 1 aromatic carbocycles. The smallest absolute Gasteiger partial charge is 0.254 e. The molecule has 1 amide bonds. The molecule has 0 radical (unpaired) electrons. The summed E-state index contributed by atoms with van der Waals surface area (Å²) in [5.41, 5.74) is 2.98. The lowest BCUT2D eigenvalue weighted by Crippen LogP contribution is -2.30. The minimum absolute atomic E-state index is 0.100. The summed E-state index contributed by atoms with van der Waals surface area (Å²) < 4.78 is 5.10. The molecule has 3 rings (SSSR count). The monoisotopic (exact) mass is 296 g/mol. The van der Waals surface area contributed by atoms with E-state index in [0.29, 0.717) is 6.61 Å². The molecule has 0 saturated carbocycles. The molecule has 0 N–H and O–H groups in total. The second kappa shape index (κ2) is 6.71.